The Morgan fingerprint density at radius 3 is 2.67 bits per heavy atom. The Balaban J connectivity index is 2.23. The van der Waals surface area contributed by atoms with E-state index in [4.69, 9.17) is 10.5 Å². The SMILES string of the molecule is CCN(C(C)COC)C1CC(N)c2ccccc21. The van der Waals surface area contributed by atoms with E-state index >= 15 is 0 Å². The standard InChI is InChI=1S/C15H24N2O/c1-4-17(11(2)10-18-3)15-9-14(16)12-7-5-6-8-13(12)15/h5-8,11,14-15H,4,9-10,16H2,1-3H3. The maximum absolute atomic E-state index is 6.25. The van der Waals surface area contributed by atoms with Crippen molar-refractivity contribution in [1.29, 1.82) is 0 Å². The van der Waals surface area contributed by atoms with Crippen LogP contribution >= 0.6 is 0 Å². The monoisotopic (exact) mass is 248 g/mol. The summed E-state index contributed by atoms with van der Waals surface area (Å²) in [6, 6.07) is 9.60. The Labute approximate surface area is 110 Å². The van der Waals surface area contributed by atoms with Crippen LogP contribution < -0.4 is 5.73 Å². The molecule has 0 aliphatic heterocycles. The Morgan fingerprint density at radius 2 is 2.06 bits per heavy atom. The van der Waals surface area contributed by atoms with Gasteiger partial charge in [0.15, 0.2) is 0 Å². The summed E-state index contributed by atoms with van der Waals surface area (Å²) in [7, 11) is 1.76. The number of rotatable bonds is 5. The van der Waals surface area contributed by atoms with Gasteiger partial charge in [-0.3, -0.25) is 4.90 Å². The van der Waals surface area contributed by atoms with Crippen molar-refractivity contribution in [2.24, 2.45) is 5.73 Å². The van der Waals surface area contributed by atoms with Gasteiger partial charge in [-0.2, -0.15) is 0 Å². The molecule has 0 fully saturated rings. The van der Waals surface area contributed by atoms with E-state index < -0.39 is 0 Å². The molecule has 0 radical (unpaired) electrons. The fourth-order valence-corrected chi connectivity index (χ4v) is 3.14. The second kappa shape index (κ2) is 5.83. The Hall–Kier alpha value is -0.900. The molecule has 0 saturated carbocycles. The Morgan fingerprint density at radius 1 is 1.39 bits per heavy atom. The van der Waals surface area contributed by atoms with Gasteiger partial charge < -0.3 is 10.5 Å². The Bertz CT molecular complexity index is 394. The van der Waals surface area contributed by atoms with E-state index in [1.165, 1.54) is 11.1 Å². The van der Waals surface area contributed by atoms with Gasteiger partial charge in [0.1, 0.15) is 0 Å². The lowest BCUT2D eigenvalue weighted by Gasteiger charge is -2.33. The summed E-state index contributed by atoms with van der Waals surface area (Å²) in [6.45, 7) is 6.22. The Kier molecular flexibility index (Phi) is 4.38. The van der Waals surface area contributed by atoms with E-state index in [1.807, 2.05) is 0 Å². The van der Waals surface area contributed by atoms with Crippen LogP contribution in [-0.4, -0.2) is 31.2 Å². The number of hydrogen-bond donors (Lipinski definition) is 1. The minimum absolute atomic E-state index is 0.176. The first-order valence-electron chi connectivity index (χ1n) is 6.78. The van der Waals surface area contributed by atoms with Crippen molar-refractivity contribution >= 4 is 0 Å². The van der Waals surface area contributed by atoms with Gasteiger partial charge in [0.2, 0.25) is 0 Å². The molecule has 2 rings (SSSR count). The highest BCUT2D eigenvalue weighted by molar-refractivity contribution is 5.37. The molecule has 0 bridgehead atoms. The lowest BCUT2D eigenvalue weighted by Crippen LogP contribution is -2.38. The predicted molar refractivity (Wildman–Crippen MR) is 74.4 cm³/mol. The van der Waals surface area contributed by atoms with Crippen molar-refractivity contribution in [2.75, 3.05) is 20.3 Å². The van der Waals surface area contributed by atoms with Crippen LogP contribution in [0.1, 0.15) is 43.5 Å². The zero-order valence-corrected chi connectivity index (χ0v) is 11.6. The lowest BCUT2D eigenvalue weighted by atomic mass is 10.1. The molecule has 1 aliphatic carbocycles. The molecule has 1 aromatic rings. The number of hydrogen-bond acceptors (Lipinski definition) is 3. The summed E-state index contributed by atoms with van der Waals surface area (Å²) >= 11 is 0. The first-order valence-corrected chi connectivity index (χ1v) is 6.78. The molecule has 0 aromatic heterocycles. The van der Waals surface area contributed by atoms with Gasteiger partial charge in [0, 0.05) is 25.2 Å². The predicted octanol–water partition coefficient (Wildman–Crippen LogP) is 2.49. The summed E-state index contributed by atoms with van der Waals surface area (Å²) in [5.74, 6) is 0. The van der Waals surface area contributed by atoms with Crippen molar-refractivity contribution in [3.63, 3.8) is 0 Å². The zero-order chi connectivity index (χ0) is 13.1. The minimum Gasteiger partial charge on any atom is -0.383 e. The molecule has 3 nitrogen and oxygen atoms in total. The summed E-state index contributed by atoms with van der Waals surface area (Å²) < 4.78 is 5.29. The third-order valence-corrected chi connectivity index (χ3v) is 3.97. The maximum Gasteiger partial charge on any atom is 0.0615 e. The maximum atomic E-state index is 6.25. The fraction of sp³-hybridized carbons (Fsp3) is 0.600. The van der Waals surface area contributed by atoms with E-state index in [0.717, 1.165) is 19.6 Å². The van der Waals surface area contributed by atoms with Crippen LogP contribution in [0.25, 0.3) is 0 Å². The van der Waals surface area contributed by atoms with Gasteiger partial charge in [0.05, 0.1) is 6.61 Å². The van der Waals surface area contributed by atoms with E-state index in [1.54, 1.807) is 7.11 Å². The molecular formula is C15H24N2O. The molecule has 0 spiro atoms. The van der Waals surface area contributed by atoms with E-state index in [2.05, 4.69) is 43.0 Å². The minimum atomic E-state index is 0.176. The molecule has 0 saturated heterocycles. The first-order chi connectivity index (χ1) is 8.69. The van der Waals surface area contributed by atoms with Gasteiger partial charge in [-0.15, -0.1) is 0 Å². The first kappa shape index (κ1) is 13.5. The molecular weight excluding hydrogens is 224 g/mol. The van der Waals surface area contributed by atoms with E-state index in [0.29, 0.717) is 12.1 Å². The van der Waals surface area contributed by atoms with Crippen molar-refractivity contribution in [3.8, 4) is 0 Å². The van der Waals surface area contributed by atoms with Gasteiger partial charge in [-0.25, -0.2) is 0 Å². The second-order valence-electron chi connectivity index (χ2n) is 5.12. The number of benzene rings is 1. The number of fused-ring (bicyclic) bond motifs is 1. The number of likely N-dealkylation sites (N-methyl/N-ethyl adjacent to an activating group) is 1. The van der Waals surface area contributed by atoms with Crippen LogP contribution in [0.4, 0.5) is 0 Å². The normalized spacial score (nSPS) is 24.3. The highest BCUT2D eigenvalue weighted by Crippen LogP contribution is 2.41. The molecule has 0 heterocycles. The molecule has 18 heavy (non-hydrogen) atoms. The van der Waals surface area contributed by atoms with Crippen LogP contribution in [0.2, 0.25) is 0 Å². The molecule has 0 amide bonds. The van der Waals surface area contributed by atoms with Gasteiger partial charge >= 0.3 is 0 Å². The largest absolute Gasteiger partial charge is 0.383 e. The van der Waals surface area contributed by atoms with Crippen molar-refractivity contribution in [2.45, 2.75) is 38.4 Å². The summed E-state index contributed by atoms with van der Waals surface area (Å²) in [5.41, 5.74) is 8.95. The van der Waals surface area contributed by atoms with Crippen LogP contribution in [0.5, 0.6) is 0 Å². The van der Waals surface area contributed by atoms with Crippen molar-refractivity contribution < 1.29 is 4.74 Å². The average molecular weight is 248 g/mol. The second-order valence-corrected chi connectivity index (χ2v) is 5.12. The average Bonchev–Trinajstić information content (AvgIpc) is 2.69. The van der Waals surface area contributed by atoms with E-state index in [9.17, 15) is 0 Å². The summed E-state index contributed by atoms with van der Waals surface area (Å²) in [4.78, 5) is 2.50. The summed E-state index contributed by atoms with van der Waals surface area (Å²) in [6.07, 6.45) is 1.02. The number of ether oxygens (including phenoxy) is 1. The zero-order valence-electron chi connectivity index (χ0n) is 11.6. The molecule has 3 atom stereocenters. The van der Waals surface area contributed by atoms with Crippen LogP contribution in [0.15, 0.2) is 24.3 Å². The van der Waals surface area contributed by atoms with E-state index in [-0.39, 0.29) is 6.04 Å². The van der Waals surface area contributed by atoms with Crippen LogP contribution in [0, 0.1) is 0 Å². The molecule has 2 N–H and O–H groups in total. The quantitative estimate of drug-likeness (QED) is 0.870. The van der Waals surface area contributed by atoms with Crippen molar-refractivity contribution in [1.82, 2.24) is 4.90 Å². The number of nitrogens with zero attached hydrogens (tertiary/aromatic N) is 1. The molecule has 3 unspecified atom stereocenters. The highest BCUT2D eigenvalue weighted by atomic mass is 16.5. The molecule has 1 aliphatic rings. The molecule has 1 aromatic carbocycles. The topological polar surface area (TPSA) is 38.5 Å². The fourth-order valence-electron chi connectivity index (χ4n) is 3.14. The van der Waals surface area contributed by atoms with Gasteiger partial charge in [-0.05, 0) is 31.0 Å². The number of methoxy groups -OCH3 is 1. The molecule has 3 heteroatoms. The number of nitrogens with two attached hydrogens (primary N) is 1. The van der Waals surface area contributed by atoms with Crippen molar-refractivity contribution in [3.05, 3.63) is 35.4 Å². The summed E-state index contributed by atoms with van der Waals surface area (Å²) in [5, 5.41) is 0. The van der Waals surface area contributed by atoms with Gasteiger partial charge in [0.25, 0.3) is 0 Å². The van der Waals surface area contributed by atoms with Crippen LogP contribution in [-0.2, 0) is 4.74 Å². The third-order valence-electron chi connectivity index (χ3n) is 3.97. The third kappa shape index (κ3) is 2.44. The lowest BCUT2D eigenvalue weighted by molar-refractivity contribution is 0.0715. The highest BCUT2D eigenvalue weighted by Gasteiger charge is 2.33. The van der Waals surface area contributed by atoms with Gasteiger partial charge in [-0.1, -0.05) is 31.2 Å². The smallest absolute Gasteiger partial charge is 0.0615 e. The molecule has 100 valence electrons. The van der Waals surface area contributed by atoms with Crippen LogP contribution in [0.3, 0.4) is 0 Å².